The van der Waals surface area contributed by atoms with Gasteiger partial charge in [0.15, 0.2) is 0 Å². The second-order valence-electron chi connectivity index (χ2n) is 13.4. The standard InChI is InChI=1S/C50H38N2/c1-51(40-25-13-5-14-26-40)42-31-33-45-46-34-32-43(36-48(46)50(47(45)35-42,38-21-9-3-10-22-38)39-23-11-4-12-24-39)52(41-27-15-6-16-28-41)49-30-18-17-29-44(49)37-19-7-2-8-20-37/h2-36H,1H3. The average molecular weight is 667 g/mol. The molecule has 0 N–H and O–H groups in total. The third kappa shape index (κ3) is 5.20. The number of hydrogen-bond donors (Lipinski definition) is 0. The van der Waals surface area contributed by atoms with Crippen molar-refractivity contribution in [2.24, 2.45) is 0 Å². The first-order valence-electron chi connectivity index (χ1n) is 17.9. The number of anilines is 5. The highest BCUT2D eigenvalue weighted by molar-refractivity contribution is 5.93. The highest BCUT2D eigenvalue weighted by Crippen LogP contribution is 2.58. The Bertz CT molecular complexity index is 2420. The number of benzene rings is 8. The molecule has 2 nitrogen and oxygen atoms in total. The van der Waals surface area contributed by atoms with Gasteiger partial charge in [0.1, 0.15) is 0 Å². The highest BCUT2D eigenvalue weighted by Gasteiger charge is 2.46. The molecule has 8 aromatic carbocycles. The molecule has 2 heteroatoms. The Labute approximate surface area is 306 Å². The average Bonchev–Trinajstić information content (AvgIpc) is 3.52. The van der Waals surface area contributed by atoms with Gasteiger partial charge in [-0.3, -0.25) is 0 Å². The molecule has 52 heavy (non-hydrogen) atoms. The third-order valence-corrected chi connectivity index (χ3v) is 10.6. The molecule has 0 bridgehead atoms. The van der Waals surface area contributed by atoms with E-state index in [0.717, 1.165) is 28.4 Å². The monoisotopic (exact) mass is 666 g/mol. The predicted molar refractivity (Wildman–Crippen MR) is 218 cm³/mol. The lowest BCUT2D eigenvalue weighted by molar-refractivity contribution is 0.768. The van der Waals surface area contributed by atoms with Crippen LogP contribution in [0.5, 0.6) is 0 Å². The maximum atomic E-state index is 2.45. The molecule has 0 radical (unpaired) electrons. The largest absolute Gasteiger partial charge is 0.345 e. The van der Waals surface area contributed by atoms with Crippen molar-refractivity contribution in [1.82, 2.24) is 0 Å². The van der Waals surface area contributed by atoms with Crippen LogP contribution in [0, 0.1) is 0 Å². The van der Waals surface area contributed by atoms with Crippen molar-refractivity contribution < 1.29 is 0 Å². The van der Waals surface area contributed by atoms with Gasteiger partial charge in [-0.25, -0.2) is 0 Å². The van der Waals surface area contributed by atoms with E-state index in [4.69, 9.17) is 0 Å². The smallest absolute Gasteiger partial charge is 0.0715 e. The van der Waals surface area contributed by atoms with Crippen LogP contribution in [0.1, 0.15) is 22.3 Å². The second kappa shape index (κ2) is 13.2. The molecule has 0 fully saturated rings. The maximum Gasteiger partial charge on any atom is 0.0715 e. The lowest BCUT2D eigenvalue weighted by Crippen LogP contribution is -2.29. The van der Waals surface area contributed by atoms with Gasteiger partial charge in [-0.2, -0.15) is 0 Å². The third-order valence-electron chi connectivity index (χ3n) is 10.6. The molecule has 248 valence electrons. The summed E-state index contributed by atoms with van der Waals surface area (Å²) in [5, 5.41) is 0. The fourth-order valence-corrected chi connectivity index (χ4v) is 8.15. The summed E-state index contributed by atoms with van der Waals surface area (Å²) >= 11 is 0. The first-order chi connectivity index (χ1) is 25.7. The van der Waals surface area contributed by atoms with E-state index in [2.05, 4.69) is 229 Å². The van der Waals surface area contributed by atoms with Gasteiger partial charge >= 0.3 is 0 Å². The molecular formula is C50H38N2. The highest BCUT2D eigenvalue weighted by atomic mass is 15.1. The van der Waals surface area contributed by atoms with Crippen LogP contribution in [0.2, 0.25) is 0 Å². The van der Waals surface area contributed by atoms with Crippen molar-refractivity contribution in [1.29, 1.82) is 0 Å². The molecule has 0 saturated heterocycles. The lowest BCUT2D eigenvalue weighted by atomic mass is 9.67. The Kier molecular flexibility index (Phi) is 7.98. The molecular weight excluding hydrogens is 629 g/mol. The van der Waals surface area contributed by atoms with Crippen LogP contribution in [0.15, 0.2) is 212 Å². The number of fused-ring (bicyclic) bond motifs is 3. The molecule has 0 aromatic heterocycles. The van der Waals surface area contributed by atoms with Crippen LogP contribution in [-0.2, 0) is 5.41 Å². The summed E-state index contributed by atoms with van der Waals surface area (Å²) in [4.78, 5) is 4.70. The lowest BCUT2D eigenvalue weighted by Gasteiger charge is -2.35. The van der Waals surface area contributed by atoms with Crippen molar-refractivity contribution in [3.8, 4) is 22.3 Å². The summed E-state index contributed by atoms with van der Waals surface area (Å²) in [5.74, 6) is 0. The van der Waals surface area contributed by atoms with Gasteiger partial charge in [0, 0.05) is 35.4 Å². The van der Waals surface area contributed by atoms with Gasteiger partial charge in [-0.15, -0.1) is 0 Å². The van der Waals surface area contributed by atoms with Crippen LogP contribution in [0.4, 0.5) is 28.4 Å². The fraction of sp³-hybridized carbons (Fsp3) is 0.0400. The minimum Gasteiger partial charge on any atom is -0.345 e. The van der Waals surface area contributed by atoms with Crippen LogP contribution in [0.3, 0.4) is 0 Å². The van der Waals surface area contributed by atoms with E-state index in [1.165, 1.54) is 44.5 Å². The second-order valence-corrected chi connectivity index (χ2v) is 13.4. The molecule has 0 spiro atoms. The van der Waals surface area contributed by atoms with Crippen molar-refractivity contribution in [2.75, 3.05) is 16.8 Å². The zero-order chi connectivity index (χ0) is 34.9. The van der Waals surface area contributed by atoms with E-state index < -0.39 is 5.41 Å². The first-order valence-corrected chi connectivity index (χ1v) is 17.9. The Morgan fingerprint density at radius 2 is 0.788 bits per heavy atom. The van der Waals surface area contributed by atoms with Crippen molar-refractivity contribution in [2.45, 2.75) is 5.41 Å². The normalized spacial score (nSPS) is 12.5. The van der Waals surface area contributed by atoms with Crippen LogP contribution >= 0.6 is 0 Å². The van der Waals surface area contributed by atoms with Gasteiger partial charge in [0.2, 0.25) is 0 Å². The summed E-state index contributed by atoms with van der Waals surface area (Å²) in [7, 11) is 2.16. The topological polar surface area (TPSA) is 6.48 Å². The number of hydrogen-bond acceptors (Lipinski definition) is 2. The van der Waals surface area contributed by atoms with Crippen LogP contribution in [-0.4, -0.2) is 7.05 Å². The van der Waals surface area contributed by atoms with Crippen molar-refractivity contribution >= 4 is 28.4 Å². The summed E-state index contributed by atoms with van der Waals surface area (Å²) in [6.07, 6.45) is 0. The van der Waals surface area contributed by atoms with Crippen molar-refractivity contribution in [3.63, 3.8) is 0 Å². The quantitative estimate of drug-likeness (QED) is 0.159. The predicted octanol–water partition coefficient (Wildman–Crippen LogP) is 13.0. The Morgan fingerprint density at radius 1 is 0.346 bits per heavy atom. The van der Waals surface area contributed by atoms with Gasteiger partial charge in [-0.05, 0) is 93.5 Å². The molecule has 0 amide bonds. The number of para-hydroxylation sites is 3. The van der Waals surface area contributed by atoms with Crippen LogP contribution < -0.4 is 9.80 Å². The zero-order valence-electron chi connectivity index (χ0n) is 29.1. The summed E-state index contributed by atoms with van der Waals surface area (Å²) in [5.41, 5.74) is 15.0. The molecule has 1 aliphatic carbocycles. The molecule has 8 aromatic rings. The zero-order valence-corrected chi connectivity index (χ0v) is 29.1. The van der Waals surface area contributed by atoms with Gasteiger partial charge in [0.05, 0.1) is 11.1 Å². The SMILES string of the molecule is CN(c1ccccc1)c1ccc2c(c1)C(c1ccccc1)(c1ccccc1)c1cc(N(c3ccccc3)c3ccccc3-c3ccccc3)ccc1-2. The molecule has 0 aliphatic heterocycles. The minimum atomic E-state index is -0.557. The number of rotatable bonds is 8. The summed E-state index contributed by atoms with van der Waals surface area (Å²) < 4.78 is 0. The molecule has 0 saturated carbocycles. The van der Waals surface area contributed by atoms with E-state index in [1.807, 2.05) is 0 Å². The first kappa shape index (κ1) is 31.3. The van der Waals surface area contributed by atoms with E-state index in [9.17, 15) is 0 Å². The van der Waals surface area contributed by atoms with E-state index in [1.54, 1.807) is 0 Å². The maximum absolute atomic E-state index is 2.45. The Morgan fingerprint density at radius 3 is 1.37 bits per heavy atom. The number of nitrogens with zero attached hydrogens (tertiary/aromatic N) is 2. The van der Waals surface area contributed by atoms with Gasteiger partial charge in [-0.1, -0.05) is 158 Å². The molecule has 0 atom stereocenters. The van der Waals surface area contributed by atoms with Gasteiger partial charge < -0.3 is 9.80 Å². The summed E-state index contributed by atoms with van der Waals surface area (Å²) in [6, 6.07) is 77.0. The summed E-state index contributed by atoms with van der Waals surface area (Å²) in [6.45, 7) is 0. The molecule has 9 rings (SSSR count). The van der Waals surface area contributed by atoms with E-state index in [0.29, 0.717) is 0 Å². The minimum absolute atomic E-state index is 0.557. The molecule has 1 aliphatic rings. The fourth-order valence-electron chi connectivity index (χ4n) is 8.15. The Balaban J connectivity index is 1.32. The molecule has 0 heterocycles. The van der Waals surface area contributed by atoms with E-state index in [-0.39, 0.29) is 0 Å². The molecule has 0 unspecified atom stereocenters. The van der Waals surface area contributed by atoms with Crippen LogP contribution in [0.25, 0.3) is 22.3 Å². The van der Waals surface area contributed by atoms with Gasteiger partial charge in [0.25, 0.3) is 0 Å². The van der Waals surface area contributed by atoms with Crippen molar-refractivity contribution in [3.05, 3.63) is 235 Å². The van der Waals surface area contributed by atoms with E-state index >= 15 is 0 Å². The Hall–Kier alpha value is -6.64.